The van der Waals surface area contributed by atoms with Gasteiger partial charge in [-0.15, -0.1) is 12.4 Å². The molecule has 0 bridgehead atoms. The van der Waals surface area contributed by atoms with Gasteiger partial charge in [-0.3, -0.25) is 4.79 Å². The Bertz CT molecular complexity index is 432. The summed E-state index contributed by atoms with van der Waals surface area (Å²) in [6.07, 6.45) is 3.15. The van der Waals surface area contributed by atoms with Crippen LogP contribution in [0, 0.1) is 5.92 Å². The van der Waals surface area contributed by atoms with Gasteiger partial charge in [0.25, 0.3) is 0 Å². The zero-order chi connectivity index (χ0) is 13.1. The van der Waals surface area contributed by atoms with Crippen LogP contribution < -0.4 is 5.73 Å². The molecule has 1 aromatic rings. The van der Waals surface area contributed by atoms with Gasteiger partial charge in [0.1, 0.15) is 23.0 Å². The molecule has 106 valence electrons. The smallest absolute Gasteiger partial charge is 0.323 e. The van der Waals surface area contributed by atoms with Gasteiger partial charge >= 0.3 is 5.97 Å². The first-order valence-electron chi connectivity index (χ1n) is 5.80. The minimum atomic E-state index is -0.522. The third-order valence-electron chi connectivity index (χ3n) is 3.13. The van der Waals surface area contributed by atoms with Crippen molar-refractivity contribution in [1.82, 2.24) is 4.98 Å². The van der Waals surface area contributed by atoms with E-state index in [1.165, 1.54) is 0 Å². The van der Waals surface area contributed by atoms with Crippen molar-refractivity contribution in [2.45, 2.75) is 31.9 Å². The molecule has 0 amide bonds. The average Bonchev–Trinajstić information content (AvgIpc) is 2.22. The van der Waals surface area contributed by atoms with Crippen LogP contribution in [-0.4, -0.2) is 17.0 Å². The summed E-state index contributed by atoms with van der Waals surface area (Å²) in [7, 11) is 0. The Kier molecular flexibility index (Phi) is 6.33. The molecule has 4 nitrogen and oxygen atoms in total. The number of halogens is 3. The number of hydrogen-bond acceptors (Lipinski definition) is 4. The Labute approximate surface area is 128 Å². The second-order valence-electron chi connectivity index (χ2n) is 4.45. The number of nitrogens with two attached hydrogens (primary N) is 1. The van der Waals surface area contributed by atoms with E-state index in [0.29, 0.717) is 5.56 Å². The molecule has 1 aliphatic carbocycles. The largest absolute Gasteiger partial charge is 0.460 e. The lowest BCUT2D eigenvalue weighted by molar-refractivity contribution is -0.148. The minimum absolute atomic E-state index is 0. The highest BCUT2D eigenvalue weighted by Crippen LogP contribution is 2.29. The van der Waals surface area contributed by atoms with E-state index < -0.39 is 6.04 Å². The lowest BCUT2D eigenvalue weighted by atomic mass is 9.80. The summed E-state index contributed by atoms with van der Waals surface area (Å²) in [4.78, 5) is 15.5. The van der Waals surface area contributed by atoms with E-state index in [1.54, 1.807) is 12.1 Å². The van der Waals surface area contributed by atoms with E-state index in [-0.39, 0.29) is 41.2 Å². The van der Waals surface area contributed by atoms with Crippen LogP contribution in [0.15, 0.2) is 12.1 Å². The number of hydrogen-bond donors (Lipinski definition) is 1. The summed E-state index contributed by atoms with van der Waals surface area (Å²) in [6.45, 7) is 0.112. The van der Waals surface area contributed by atoms with Gasteiger partial charge in [0.2, 0.25) is 0 Å². The van der Waals surface area contributed by atoms with Gasteiger partial charge in [-0.05, 0) is 36.5 Å². The normalized spacial score (nSPS) is 16.2. The van der Waals surface area contributed by atoms with Crippen LogP contribution in [-0.2, 0) is 16.1 Å². The molecule has 1 aromatic heterocycles. The maximum Gasteiger partial charge on any atom is 0.323 e. The molecule has 1 saturated carbocycles. The SMILES string of the molecule is Cl.N[C@H](C(=O)OCc1cc(Cl)nc(Cl)c1)C1CCC1. The Balaban J connectivity index is 0.00000180. The van der Waals surface area contributed by atoms with Crippen LogP contribution in [0.2, 0.25) is 10.3 Å². The first kappa shape index (κ1) is 16.5. The first-order valence-corrected chi connectivity index (χ1v) is 6.56. The van der Waals surface area contributed by atoms with Crippen LogP contribution in [0.4, 0.5) is 0 Å². The molecule has 0 aromatic carbocycles. The number of carbonyl (C=O) groups is 1. The third kappa shape index (κ3) is 4.49. The van der Waals surface area contributed by atoms with Crippen molar-refractivity contribution in [3.05, 3.63) is 28.0 Å². The van der Waals surface area contributed by atoms with Crippen molar-refractivity contribution < 1.29 is 9.53 Å². The number of carbonyl (C=O) groups excluding carboxylic acids is 1. The molecule has 0 aliphatic heterocycles. The Morgan fingerprint density at radius 1 is 1.42 bits per heavy atom. The van der Waals surface area contributed by atoms with Gasteiger partial charge in [0.15, 0.2) is 0 Å². The monoisotopic (exact) mass is 324 g/mol. The third-order valence-corrected chi connectivity index (χ3v) is 3.52. The molecular weight excluding hydrogens is 311 g/mol. The highest BCUT2D eigenvalue weighted by atomic mass is 35.5. The standard InChI is InChI=1S/C12H14Cl2N2O2.ClH/c13-9-4-7(5-10(14)16-9)6-18-12(17)11(15)8-2-1-3-8;/h4-5,8,11H,1-3,6,15H2;1H/t11-;/m0./s1. The van der Waals surface area contributed by atoms with Crippen LogP contribution in [0.5, 0.6) is 0 Å². The van der Waals surface area contributed by atoms with Crippen molar-refractivity contribution in [1.29, 1.82) is 0 Å². The number of aromatic nitrogens is 1. The molecule has 1 atom stereocenters. The fraction of sp³-hybridized carbons (Fsp3) is 0.500. The number of ether oxygens (including phenoxy) is 1. The van der Waals surface area contributed by atoms with E-state index in [1.807, 2.05) is 0 Å². The predicted octanol–water partition coefficient (Wildman–Crippen LogP) is 2.98. The van der Waals surface area contributed by atoms with Crippen molar-refractivity contribution in [2.24, 2.45) is 11.7 Å². The van der Waals surface area contributed by atoms with Crippen LogP contribution >= 0.6 is 35.6 Å². The van der Waals surface area contributed by atoms with E-state index in [4.69, 9.17) is 33.7 Å². The molecular formula is C12H15Cl3N2O2. The lowest BCUT2D eigenvalue weighted by Gasteiger charge is -2.29. The summed E-state index contributed by atoms with van der Waals surface area (Å²) in [5.41, 5.74) is 6.51. The molecule has 1 fully saturated rings. The van der Waals surface area contributed by atoms with Crippen LogP contribution in [0.3, 0.4) is 0 Å². The number of rotatable bonds is 4. The molecule has 2 rings (SSSR count). The van der Waals surface area contributed by atoms with Gasteiger partial charge in [0.05, 0.1) is 0 Å². The molecule has 19 heavy (non-hydrogen) atoms. The fourth-order valence-electron chi connectivity index (χ4n) is 1.84. The zero-order valence-corrected chi connectivity index (χ0v) is 12.5. The fourth-order valence-corrected chi connectivity index (χ4v) is 2.35. The molecule has 2 N–H and O–H groups in total. The van der Waals surface area contributed by atoms with Crippen molar-refractivity contribution in [3.8, 4) is 0 Å². The maximum absolute atomic E-state index is 11.7. The minimum Gasteiger partial charge on any atom is -0.460 e. The second kappa shape index (κ2) is 7.29. The van der Waals surface area contributed by atoms with Gasteiger partial charge < -0.3 is 10.5 Å². The van der Waals surface area contributed by atoms with Crippen LogP contribution in [0.1, 0.15) is 24.8 Å². The number of nitrogens with zero attached hydrogens (tertiary/aromatic N) is 1. The Morgan fingerprint density at radius 3 is 2.47 bits per heavy atom. The first-order chi connectivity index (χ1) is 8.56. The quantitative estimate of drug-likeness (QED) is 0.683. The van der Waals surface area contributed by atoms with Gasteiger partial charge in [-0.2, -0.15) is 0 Å². The highest BCUT2D eigenvalue weighted by Gasteiger charge is 2.30. The zero-order valence-electron chi connectivity index (χ0n) is 10.1. The molecule has 0 unspecified atom stereocenters. The highest BCUT2D eigenvalue weighted by molar-refractivity contribution is 6.32. The lowest BCUT2D eigenvalue weighted by Crippen LogP contribution is -2.42. The van der Waals surface area contributed by atoms with E-state index in [2.05, 4.69) is 4.98 Å². The maximum atomic E-state index is 11.7. The van der Waals surface area contributed by atoms with E-state index >= 15 is 0 Å². The van der Waals surface area contributed by atoms with Gasteiger partial charge in [-0.25, -0.2) is 4.98 Å². The average molecular weight is 326 g/mol. The second-order valence-corrected chi connectivity index (χ2v) is 5.22. The molecule has 0 spiro atoms. The summed E-state index contributed by atoms with van der Waals surface area (Å²) >= 11 is 11.5. The van der Waals surface area contributed by atoms with Crippen LogP contribution in [0.25, 0.3) is 0 Å². The van der Waals surface area contributed by atoms with Gasteiger partial charge in [-0.1, -0.05) is 29.6 Å². The molecule has 0 saturated heterocycles. The van der Waals surface area contributed by atoms with E-state index in [0.717, 1.165) is 19.3 Å². The summed E-state index contributed by atoms with van der Waals surface area (Å²) in [5, 5.41) is 0.550. The predicted molar refractivity (Wildman–Crippen MR) is 76.6 cm³/mol. The Hall–Kier alpha value is -0.550. The van der Waals surface area contributed by atoms with Crippen molar-refractivity contribution in [3.63, 3.8) is 0 Å². The van der Waals surface area contributed by atoms with E-state index in [9.17, 15) is 4.79 Å². The molecule has 7 heteroatoms. The summed E-state index contributed by atoms with van der Waals surface area (Å²) in [6, 6.07) is 2.69. The summed E-state index contributed by atoms with van der Waals surface area (Å²) in [5.74, 6) is -0.106. The molecule has 1 heterocycles. The van der Waals surface area contributed by atoms with Crippen molar-refractivity contribution in [2.75, 3.05) is 0 Å². The summed E-state index contributed by atoms with van der Waals surface area (Å²) < 4.78 is 5.15. The van der Waals surface area contributed by atoms with Gasteiger partial charge in [0, 0.05) is 0 Å². The number of pyridine rings is 1. The molecule has 0 radical (unpaired) electrons. The molecule has 1 aliphatic rings. The Morgan fingerprint density at radius 2 is 2.00 bits per heavy atom. The van der Waals surface area contributed by atoms with Crippen molar-refractivity contribution >= 4 is 41.6 Å². The topological polar surface area (TPSA) is 65.2 Å². The number of esters is 1.